The molecule has 5 aliphatic heterocycles. The van der Waals surface area contributed by atoms with E-state index >= 15 is 0 Å². The van der Waals surface area contributed by atoms with Gasteiger partial charge in [0.25, 0.3) is 29.4 Å². The predicted molar refractivity (Wildman–Crippen MR) is 559 cm³/mol. The van der Waals surface area contributed by atoms with Gasteiger partial charge in [0.05, 0.1) is 150 Å². The van der Waals surface area contributed by atoms with Crippen molar-refractivity contribution in [3.63, 3.8) is 0 Å². The number of nitrogens with one attached hydrogen (secondary N) is 6. The third-order valence-corrected chi connectivity index (χ3v) is 26.6. The van der Waals surface area contributed by atoms with E-state index in [1.807, 2.05) is 27.7 Å². The summed E-state index contributed by atoms with van der Waals surface area (Å²) < 4.78 is 56.3. The number of nitrogens with zero attached hydrogens (tertiary/aromatic N) is 30. The van der Waals surface area contributed by atoms with Crippen LogP contribution < -0.4 is 88.8 Å². The first-order chi connectivity index (χ1) is 72.1. The van der Waals surface area contributed by atoms with Crippen LogP contribution in [0.4, 0.5) is 62.7 Å². The summed E-state index contributed by atoms with van der Waals surface area (Å²) in [5.41, 5.74) is 10.3. The number of amides is 5. The second-order valence-electron chi connectivity index (χ2n) is 36.4. The highest BCUT2D eigenvalue weighted by Gasteiger charge is 2.37. The Morgan fingerprint density at radius 2 is 0.607 bits per heavy atom. The molecule has 15 aromatic heterocycles. The number of imidazole rings is 5. The fourth-order valence-electron chi connectivity index (χ4n) is 19.2. The summed E-state index contributed by atoms with van der Waals surface area (Å²) >= 11 is 0. The summed E-state index contributed by atoms with van der Waals surface area (Å²) in [5, 5.41) is 40.8. The number of aryl methyl sites for hydroxylation is 7. The SMILES string of the molecule is C=CC(=O)N1CCC(n2cc(Nc3cn(C)nc3OC)c3ncc(C(C)C)n3c2=O)C1.C=CC(=O)N1CCC(n2cc(Nc3cn(C)nc3OC)c3ncc(C)n3c2=O)C1.C=CC(=O)N1CCC(n2cc(Nc3cn(C)nc3OC)c3ncc(CC)n3c2=O)C1.C=CC(=O)N1CCC(n2cc(Nc3cn(C)nc3OC)c3ncc(NC)n3c2=O)C1.C=CC(=O)N1CCC(n2cc(Nc3cn(C)nc3OC)c3ncc(OC)n3c2=O)C1. The highest BCUT2D eigenvalue weighted by atomic mass is 16.5. The molecule has 0 radical (unpaired) electrons. The minimum absolute atomic E-state index is 0.113. The van der Waals surface area contributed by atoms with Gasteiger partial charge in [-0.3, -0.25) is 70.2 Å². The van der Waals surface area contributed by atoms with E-state index in [1.54, 1.807) is 241 Å². The summed E-state index contributed by atoms with van der Waals surface area (Å²) in [5.74, 6) is 2.52. The van der Waals surface area contributed by atoms with Crippen LogP contribution in [0.5, 0.6) is 35.3 Å². The number of hydrogen-bond acceptors (Lipinski definition) is 32. The Balaban J connectivity index is 0.000000133. The Kier molecular flexibility index (Phi) is 31.0. The van der Waals surface area contributed by atoms with E-state index in [1.165, 1.54) is 59.6 Å². The molecule has 790 valence electrons. The molecular weight excluding hydrogens is 1940 g/mol. The minimum atomic E-state index is -0.291. The number of aromatic nitrogens is 25. The molecule has 6 N–H and O–H groups in total. The monoisotopic (exact) mass is 2060 g/mol. The number of anilines is 11. The number of rotatable bonds is 29. The van der Waals surface area contributed by atoms with Crippen LogP contribution in [0.1, 0.15) is 106 Å². The number of likely N-dealkylation sites (tertiary alicyclic amines) is 5. The van der Waals surface area contributed by atoms with Crippen LogP contribution in [0, 0.1) is 6.92 Å². The van der Waals surface area contributed by atoms with Crippen molar-refractivity contribution in [1.82, 2.24) is 143 Å². The summed E-state index contributed by atoms with van der Waals surface area (Å²) in [6.07, 6.45) is 36.5. The van der Waals surface area contributed by atoms with Crippen LogP contribution in [0.15, 0.2) is 180 Å². The molecule has 5 fully saturated rings. The van der Waals surface area contributed by atoms with Gasteiger partial charge >= 0.3 is 28.4 Å². The lowest BCUT2D eigenvalue weighted by Crippen LogP contribution is -2.33. The molecule has 5 saturated heterocycles. The van der Waals surface area contributed by atoms with Gasteiger partial charge in [0, 0.05) is 169 Å². The molecule has 5 atom stereocenters. The lowest BCUT2D eigenvalue weighted by molar-refractivity contribution is -0.125. The van der Waals surface area contributed by atoms with Crippen molar-refractivity contribution in [3.05, 3.63) is 226 Å². The Labute approximate surface area is 857 Å². The first-order valence-corrected chi connectivity index (χ1v) is 48.3. The fraction of sp³-hybridized carbons (Fsp3) is 0.388. The molecule has 0 saturated carbocycles. The van der Waals surface area contributed by atoms with Crippen molar-refractivity contribution in [2.75, 3.05) is 147 Å². The standard InChI is InChI=1S/C21H27N7O3.C20H25N7O3.C19H24N8O3.C19H23N7O4.C19H23N7O3/c1-6-18(29)26-8-7-14(10-26)27-12-15(23-16-11-25(4)24-20(16)31-5)19-22-9-17(13(2)3)28(19)21(27)30;1-5-13-9-21-18-15(22-16-11-24(3)23-19(16)30-4)12-26(20(29)27(13)18)14-7-8-25(10-14)17(28)6-2;1-5-16(28)25-7-6-12(9-25)26-11-13(22-14-10-24(3)23-18(14)30-4)17-21-8-15(20-2)27(17)19(26)29;1-5-15(27)24-7-6-12(9-24)25-11-13(21-14-10-23(2)22-18(14)30-4)17-20-8-16(29-3)26(17)19(25)28;1-5-16(27)24-7-6-13(9-24)25-11-14(17-20-8-12(2)26(17)19(25)28)21-15-10-23(3)22-18(15)29-4/h6,9,11-14,23H,1,7-8,10H2,2-5H3;6,9,11-12,14,22H,2,5,7-8,10H2,1,3-4H3;5,8,10-12,20,22H,1,6-7,9H2,2-4H3;5,8,10-12,21H,1,6-7,9H2,2-4H3;5,8,10-11,13,21H,1,6-7,9H2,2-4H3. The van der Waals surface area contributed by atoms with Crippen molar-refractivity contribution in [3.8, 4) is 35.3 Å². The molecule has 15 aromatic rings. The lowest BCUT2D eigenvalue weighted by Gasteiger charge is -2.19. The van der Waals surface area contributed by atoms with Crippen LogP contribution in [0.3, 0.4) is 0 Å². The first-order valence-electron chi connectivity index (χ1n) is 48.3. The summed E-state index contributed by atoms with van der Waals surface area (Å²) in [7, 11) is 19.9. The third-order valence-electron chi connectivity index (χ3n) is 26.6. The molecule has 150 heavy (non-hydrogen) atoms. The zero-order valence-corrected chi connectivity index (χ0v) is 86.3. The number of hydrogen-bond donors (Lipinski definition) is 6. The van der Waals surface area contributed by atoms with Crippen molar-refractivity contribution in [2.24, 2.45) is 35.2 Å². The smallest absolute Gasteiger partial charge is 0.337 e. The largest absolute Gasteiger partial charge is 0.481 e. The normalized spacial score (nSPS) is 16.2. The molecule has 20 rings (SSSR count). The molecule has 52 nitrogen and oxygen atoms in total. The highest BCUT2D eigenvalue weighted by molar-refractivity contribution is 5.90. The maximum Gasteiger partial charge on any atom is 0.337 e. The highest BCUT2D eigenvalue weighted by Crippen LogP contribution is 2.38. The zero-order chi connectivity index (χ0) is 107. The number of methoxy groups -OCH3 is 6. The van der Waals surface area contributed by atoms with E-state index in [2.05, 4.69) is 115 Å². The van der Waals surface area contributed by atoms with Crippen molar-refractivity contribution in [1.29, 1.82) is 0 Å². The second-order valence-corrected chi connectivity index (χ2v) is 36.4. The van der Waals surface area contributed by atoms with Crippen molar-refractivity contribution in [2.45, 2.75) is 102 Å². The van der Waals surface area contributed by atoms with Gasteiger partial charge in [0.15, 0.2) is 28.2 Å². The summed E-state index contributed by atoms with van der Waals surface area (Å²) in [4.78, 5) is 157. The average Bonchev–Trinajstić information content (AvgIpc) is 1.60. The van der Waals surface area contributed by atoms with Gasteiger partial charge in [-0.15, -0.1) is 25.5 Å². The maximum absolute atomic E-state index is 13.5. The van der Waals surface area contributed by atoms with Crippen LogP contribution >= 0.6 is 0 Å². The molecule has 0 aliphatic carbocycles. The van der Waals surface area contributed by atoms with Gasteiger partial charge < -0.3 is 84.8 Å². The predicted octanol–water partition coefficient (Wildman–Crippen LogP) is 6.75. The van der Waals surface area contributed by atoms with E-state index in [0.29, 0.717) is 230 Å². The first kappa shape index (κ1) is 105. The van der Waals surface area contributed by atoms with Crippen LogP contribution in [-0.4, -0.2) is 288 Å². The van der Waals surface area contributed by atoms with Gasteiger partial charge in [-0.2, -0.15) is 0 Å². The molecule has 0 spiro atoms. The Morgan fingerprint density at radius 1 is 0.347 bits per heavy atom. The van der Waals surface area contributed by atoms with E-state index in [-0.39, 0.29) is 94.1 Å². The Morgan fingerprint density at radius 3 is 0.907 bits per heavy atom. The zero-order valence-electron chi connectivity index (χ0n) is 86.3. The van der Waals surface area contributed by atoms with Gasteiger partial charge in [0.1, 0.15) is 34.3 Å². The maximum atomic E-state index is 13.5. The Bertz CT molecular complexity index is 7590. The Hall–Kier alpha value is -18.2. The van der Waals surface area contributed by atoms with Crippen molar-refractivity contribution >= 4 is 120 Å². The second kappa shape index (κ2) is 44.4. The molecule has 20 heterocycles. The van der Waals surface area contributed by atoms with Gasteiger partial charge in [-0.1, -0.05) is 53.7 Å². The number of fused-ring (bicyclic) bond motifs is 5. The van der Waals surface area contributed by atoms with Crippen LogP contribution in [0.2, 0.25) is 0 Å². The van der Waals surface area contributed by atoms with Crippen LogP contribution in [0.25, 0.3) is 28.2 Å². The summed E-state index contributed by atoms with van der Waals surface area (Å²) in [6, 6.07) is -0.744. The molecule has 0 bridgehead atoms. The van der Waals surface area contributed by atoms with Crippen molar-refractivity contribution < 1.29 is 52.4 Å². The molecule has 5 amide bonds. The molecule has 0 aromatic carbocycles. The van der Waals surface area contributed by atoms with Gasteiger partial charge in [0.2, 0.25) is 35.4 Å². The van der Waals surface area contributed by atoms with E-state index in [4.69, 9.17) is 28.4 Å². The number of carbonyl (C=O) groups is 5. The molecule has 52 heteroatoms. The molecular formula is C98H122N36O16. The quantitative estimate of drug-likeness (QED) is 0.0264. The number of ether oxygens (including phenoxy) is 6. The lowest BCUT2D eigenvalue weighted by atomic mass is 10.1. The fourth-order valence-corrected chi connectivity index (χ4v) is 19.2. The minimum Gasteiger partial charge on any atom is -0.481 e. The third kappa shape index (κ3) is 20.8. The summed E-state index contributed by atoms with van der Waals surface area (Å²) in [6.45, 7) is 30.7. The topological polar surface area (TPSA) is 515 Å². The number of carbonyl (C=O) groups excluding carboxylic acids is 5. The molecule has 5 unspecified atom stereocenters. The van der Waals surface area contributed by atoms with Gasteiger partial charge in [-0.25, -0.2) is 70.9 Å². The van der Waals surface area contributed by atoms with Crippen LogP contribution in [-0.2, 0) is 65.6 Å². The van der Waals surface area contributed by atoms with E-state index in [9.17, 15) is 47.9 Å². The average molecular weight is 2060 g/mol. The van der Waals surface area contributed by atoms with Gasteiger partial charge in [-0.05, 0) is 81.7 Å². The van der Waals surface area contributed by atoms with E-state index in [0.717, 1.165) is 17.1 Å². The molecule has 5 aliphatic rings. The van der Waals surface area contributed by atoms with E-state index < -0.39 is 0 Å².